The molecule has 0 heterocycles. The zero-order valence-electron chi connectivity index (χ0n) is 20.1. The molecule has 37 heavy (non-hydrogen) atoms. The second kappa shape index (κ2) is 12.6. The third-order valence-corrected chi connectivity index (χ3v) is 6.56. The van der Waals surface area contributed by atoms with Gasteiger partial charge >= 0.3 is 0 Å². The quantitative estimate of drug-likeness (QED) is 0.0687. The first-order valence-corrected chi connectivity index (χ1v) is 12.6. The Morgan fingerprint density at radius 3 is 1.86 bits per heavy atom. The van der Waals surface area contributed by atoms with Gasteiger partial charge in [-0.2, -0.15) is 0 Å². The molecule has 4 nitrogen and oxygen atoms in total. The van der Waals surface area contributed by atoms with Gasteiger partial charge in [-0.05, 0) is 34.9 Å². The Bertz CT molecular complexity index is 1230. The van der Waals surface area contributed by atoms with E-state index < -0.39 is 17.5 Å². The molecule has 0 aliphatic carbocycles. The van der Waals surface area contributed by atoms with Crippen LogP contribution in [0.25, 0.3) is 0 Å². The molecule has 188 valence electrons. The SMILES string of the molecule is C=C[C@@H](COC(c1ccccc1)(c1ccccc1)c1ccccc1)OCC(=NO)c1cc(Br)ccc1F. The summed E-state index contributed by atoms with van der Waals surface area (Å²) < 4.78 is 27.8. The molecule has 0 saturated heterocycles. The van der Waals surface area contributed by atoms with E-state index in [2.05, 4.69) is 27.7 Å². The third-order valence-electron chi connectivity index (χ3n) is 6.06. The molecule has 0 radical (unpaired) electrons. The lowest BCUT2D eigenvalue weighted by atomic mass is 9.80. The maximum absolute atomic E-state index is 14.4. The van der Waals surface area contributed by atoms with Gasteiger partial charge in [0, 0.05) is 10.0 Å². The predicted molar refractivity (Wildman–Crippen MR) is 148 cm³/mol. The summed E-state index contributed by atoms with van der Waals surface area (Å²) in [5.41, 5.74) is 2.18. The van der Waals surface area contributed by atoms with Gasteiger partial charge in [0.05, 0.1) is 19.3 Å². The summed E-state index contributed by atoms with van der Waals surface area (Å²) in [4.78, 5) is 0. The van der Waals surface area contributed by atoms with Gasteiger partial charge < -0.3 is 14.7 Å². The average molecular weight is 560 g/mol. The van der Waals surface area contributed by atoms with Crippen molar-refractivity contribution in [1.82, 2.24) is 0 Å². The number of hydrogen-bond donors (Lipinski definition) is 1. The Balaban J connectivity index is 1.64. The summed E-state index contributed by atoms with van der Waals surface area (Å²) in [7, 11) is 0. The number of hydrogen-bond acceptors (Lipinski definition) is 4. The molecule has 6 heteroatoms. The zero-order valence-corrected chi connectivity index (χ0v) is 21.7. The van der Waals surface area contributed by atoms with Crippen LogP contribution >= 0.6 is 15.9 Å². The average Bonchev–Trinajstić information content (AvgIpc) is 2.96. The van der Waals surface area contributed by atoms with Crippen LogP contribution in [0.5, 0.6) is 0 Å². The van der Waals surface area contributed by atoms with Gasteiger partial charge in [-0.1, -0.05) is 118 Å². The first kappa shape index (κ1) is 26.5. The standard InChI is InChI=1S/C31H27BrFNO3/c1-2-27(36-22-30(34-35)28-20-26(32)18-19-29(28)33)21-37-31(23-12-6-3-7-13-23,24-14-8-4-9-15-24)25-16-10-5-11-17-25/h2-20,27,35H,1,21-22H2/t27-/m0/s1. The maximum Gasteiger partial charge on any atom is 0.143 e. The molecule has 4 aromatic carbocycles. The summed E-state index contributed by atoms with van der Waals surface area (Å²) in [6.45, 7) is 3.90. The molecular formula is C31H27BrFNO3. The highest BCUT2D eigenvalue weighted by Crippen LogP contribution is 2.40. The van der Waals surface area contributed by atoms with Crippen LogP contribution in [0.15, 0.2) is 131 Å². The Labute approximate surface area is 224 Å². The van der Waals surface area contributed by atoms with E-state index in [0.29, 0.717) is 4.47 Å². The molecule has 4 aromatic rings. The highest BCUT2D eigenvalue weighted by Gasteiger charge is 2.38. The topological polar surface area (TPSA) is 51.0 Å². The fourth-order valence-corrected chi connectivity index (χ4v) is 4.59. The van der Waals surface area contributed by atoms with Crippen LogP contribution in [0.2, 0.25) is 0 Å². The second-order valence-electron chi connectivity index (χ2n) is 8.35. The van der Waals surface area contributed by atoms with Gasteiger partial charge in [0.15, 0.2) is 0 Å². The van der Waals surface area contributed by atoms with Gasteiger partial charge in [-0.25, -0.2) is 4.39 Å². The fraction of sp³-hybridized carbons (Fsp3) is 0.129. The molecule has 0 unspecified atom stereocenters. The van der Waals surface area contributed by atoms with Crippen LogP contribution in [-0.4, -0.2) is 30.2 Å². The second-order valence-corrected chi connectivity index (χ2v) is 9.26. The van der Waals surface area contributed by atoms with E-state index >= 15 is 0 Å². The Morgan fingerprint density at radius 1 is 0.892 bits per heavy atom. The molecular weight excluding hydrogens is 533 g/mol. The minimum absolute atomic E-state index is 0.0612. The number of halogens is 2. The molecule has 0 fully saturated rings. The van der Waals surface area contributed by atoms with Crippen LogP contribution in [0, 0.1) is 5.82 Å². The van der Waals surface area contributed by atoms with Crippen LogP contribution in [0.1, 0.15) is 22.3 Å². The Hall–Kier alpha value is -3.58. The minimum Gasteiger partial charge on any atom is -0.411 e. The number of benzene rings is 4. The molecule has 0 saturated carbocycles. The summed E-state index contributed by atoms with van der Waals surface area (Å²) >= 11 is 3.32. The highest BCUT2D eigenvalue weighted by molar-refractivity contribution is 9.10. The van der Waals surface area contributed by atoms with Gasteiger partial charge in [0.1, 0.15) is 17.1 Å². The van der Waals surface area contributed by atoms with Crippen LogP contribution in [-0.2, 0) is 15.1 Å². The summed E-state index contributed by atoms with van der Waals surface area (Å²) in [6, 6.07) is 34.4. The van der Waals surface area contributed by atoms with Crippen molar-refractivity contribution in [3.05, 3.63) is 154 Å². The summed E-state index contributed by atoms with van der Waals surface area (Å²) in [5, 5.41) is 12.8. The summed E-state index contributed by atoms with van der Waals surface area (Å²) in [6.07, 6.45) is 1.06. The van der Waals surface area contributed by atoms with Crippen molar-refractivity contribution in [3.8, 4) is 0 Å². The number of oxime groups is 1. The molecule has 4 rings (SSSR count). The molecule has 1 atom stereocenters. The van der Waals surface area contributed by atoms with Crippen LogP contribution in [0.3, 0.4) is 0 Å². The van der Waals surface area contributed by atoms with Crippen LogP contribution in [0.4, 0.5) is 4.39 Å². The Kier molecular flexibility index (Phi) is 9.01. The van der Waals surface area contributed by atoms with E-state index in [-0.39, 0.29) is 24.5 Å². The zero-order chi connectivity index (χ0) is 26.1. The van der Waals surface area contributed by atoms with E-state index in [9.17, 15) is 9.60 Å². The number of ether oxygens (including phenoxy) is 2. The van der Waals surface area contributed by atoms with Crippen LogP contribution < -0.4 is 0 Å². The third kappa shape index (κ3) is 6.05. The Morgan fingerprint density at radius 2 is 1.41 bits per heavy atom. The molecule has 0 spiro atoms. The van der Waals surface area contributed by atoms with Crippen molar-refractivity contribution < 1.29 is 19.1 Å². The van der Waals surface area contributed by atoms with Gasteiger partial charge in [-0.3, -0.25) is 0 Å². The first-order valence-electron chi connectivity index (χ1n) is 11.8. The van der Waals surface area contributed by atoms with Gasteiger partial charge in [0.25, 0.3) is 0 Å². The van der Waals surface area contributed by atoms with E-state index in [1.807, 2.05) is 91.0 Å². The highest BCUT2D eigenvalue weighted by atomic mass is 79.9. The largest absolute Gasteiger partial charge is 0.411 e. The first-order chi connectivity index (χ1) is 18.1. The number of rotatable bonds is 11. The van der Waals surface area contributed by atoms with Crippen molar-refractivity contribution in [2.45, 2.75) is 11.7 Å². The predicted octanol–water partition coefficient (Wildman–Crippen LogP) is 7.35. The van der Waals surface area contributed by atoms with E-state index in [0.717, 1.165) is 16.7 Å². The molecule has 0 aliphatic rings. The summed E-state index contributed by atoms with van der Waals surface area (Å²) in [5.74, 6) is -0.512. The monoisotopic (exact) mass is 559 g/mol. The molecule has 0 amide bonds. The lowest BCUT2D eigenvalue weighted by Gasteiger charge is -2.36. The molecule has 1 N–H and O–H groups in total. The van der Waals surface area contributed by atoms with Crippen molar-refractivity contribution in [1.29, 1.82) is 0 Å². The minimum atomic E-state index is -0.918. The van der Waals surface area contributed by atoms with Gasteiger partial charge in [-0.15, -0.1) is 6.58 Å². The van der Waals surface area contributed by atoms with Gasteiger partial charge in [0.2, 0.25) is 0 Å². The molecule has 0 bridgehead atoms. The van der Waals surface area contributed by atoms with Crippen molar-refractivity contribution >= 4 is 21.6 Å². The maximum atomic E-state index is 14.4. The van der Waals surface area contributed by atoms with Crippen molar-refractivity contribution in [2.75, 3.05) is 13.2 Å². The van der Waals surface area contributed by atoms with E-state index in [4.69, 9.17) is 9.47 Å². The number of nitrogens with zero attached hydrogens (tertiary/aromatic N) is 1. The lowest BCUT2D eigenvalue weighted by Crippen LogP contribution is -2.36. The smallest absolute Gasteiger partial charge is 0.143 e. The lowest BCUT2D eigenvalue weighted by molar-refractivity contribution is -0.0413. The normalized spacial score (nSPS) is 12.8. The van der Waals surface area contributed by atoms with Crippen molar-refractivity contribution in [3.63, 3.8) is 0 Å². The molecule has 0 aromatic heterocycles. The molecule has 0 aliphatic heterocycles. The van der Waals surface area contributed by atoms with Crippen molar-refractivity contribution in [2.24, 2.45) is 5.16 Å². The van der Waals surface area contributed by atoms with E-state index in [1.165, 1.54) is 6.07 Å². The van der Waals surface area contributed by atoms with E-state index in [1.54, 1.807) is 18.2 Å². The fourth-order valence-electron chi connectivity index (χ4n) is 4.23.